The van der Waals surface area contributed by atoms with Gasteiger partial charge in [-0.05, 0) is 44.1 Å². The second-order valence-corrected chi connectivity index (χ2v) is 6.63. The predicted octanol–water partition coefficient (Wildman–Crippen LogP) is 1.57. The van der Waals surface area contributed by atoms with Gasteiger partial charge in [-0.2, -0.15) is 0 Å². The van der Waals surface area contributed by atoms with E-state index in [1.807, 2.05) is 0 Å². The molecule has 3 N–H and O–H groups in total. The fraction of sp³-hybridized carbons (Fsp3) is 0.938. The predicted molar refractivity (Wildman–Crippen MR) is 84.2 cm³/mol. The normalized spacial score (nSPS) is 24.7. The van der Waals surface area contributed by atoms with Crippen molar-refractivity contribution in [3.63, 3.8) is 0 Å². The molecule has 0 aromatic carbocycles. The summed E-state index contributed by atoms with van der Waals surface area (Å²) < 4.78 is 0. The number of amides is 2. The van der Waals surface area contributed by atoms with E-state index in [2.05, 4.69) is 15.5 Å². The molecule has 2 fully saturated rings. The Hall–Kier alpha value is -0.810. The van der Waals surface area contributed by atoms with Crippen LogP contribution in [0.1, 0.15) is 44.9 Å². The van der Waals surface area contributed by atoms with Crippen LogP contribution in [0.15, 0.2) is 0 Å². The summed E-state index contributed by atoms with van der Waals surface area (Å²) >= 11 is 0. The highest BCUT2D eigenvalue weighted by atomic mass is 16.3. The second kappa shape index (κ2) is 9.26. The minimum atomic E-state index is -0.0312. The molecule has 0 unspecified atom stereocenters. The first-order valence-corrected chi connectivity index (χ1v) is 8.63. The Balaban J connectivity index is 1.52. The highest BCUT2D eigenvalue weighted by Crippen LogP contribution is 2.22. The summed E-state index contributed by atoms with van der Waals surface area (Å²) in [6.07, 6.45) is 8.78. The van der Waals surface area contributed by atoms with Gasteiger partial charge in [-0.25, -0.2) is 4.79 Å². The zero-order chi connectivity index (χ0) is 14.9. The lowest BCUT2D eigenvalue weighted by Gasteiger charge is -2.31. The molecule has 5 nitrogen and oxygen atoms in total. The first kappa shape index (κ1) is 16.6. The molecule has 0 spiro atoms. The van der Waals surface area contributed by atoms with Crippen LogP contribution in [-0.4, -0.2) is 55.4 Å². The summed E-state index contributed by atoms with van der Waals surface area (Å²) in [5.74, 6) is 1.09. The summed E-state index contributed by atoms with van der Waals surface area (Å²) in [5.41, 5.74) is 0. The summed E-state index contributed by atoms with van der Waals surface area (Å²) in [4.78, 5) is 14.1. The number of carbonyl (C=O) groups excluding carboxylic acids is 1. The maximum atomic E-state index is 11.8. The van der Waals surface area contributed by atoms with Crippen LogP contribution in [-0.2, 0) is 0 Å². The second-order valence-electron chi connectivity index (χ2n) is 6.63. The Kier molecular flexibility index (Phi) is 7.30. The van der Waals surface area contributed by atoms with E-state index in [9.17, 15) is 9.90 Å². The molecule has 1 saturated heterocycles. The first-order chi connectivity index (χ1) is 10.3. The van der Waals surface area contributed by atoms with Crippen molar-refractivity contribution in [2.75, 3.05) is 39.3 Å². The molecular formula is C16H31N3O2. The van der Waals surface area contributed by atoms with Gasteiger partial charge in [0.05, 0.1) is 0 Å². The van der Waals surface area contributed by atoms with Crippen molar-refractivity contribution in [1.29, 1.82) is 0 Å². The van der Waals surface area contributed by atoms with Gasteiger partial charge in [0.1, 0.15) is 0 Å². The number of rotatable bonds is 6. The topological polar surface area (TPSA) is 64.6 Å². The lowest BCUT2D eigenvalue weighted by atomic mass is 9.89. The summed E-state index contributed by atoms with van der Waals surface area (Å²) in [6.45, 7) is 4.72. The number of aliphatic hydroxyl groups excluding tert-OH is 1. The number of piperidine rings is 1. The standard InChI is InChI=1S/C16H31N3O2/c20-13-15-7-4-9-19(12-15)10-8-17-16(21)18-11-14-5-2-1-3-6-14/h14-15,20H,1-13H2,(H2,17,18,21)/t15-/m0/s1. The lowest BCUT2D eigenvalue weighted by Crippen LogP contribution is -2.44. The third-order valence-electron chi connectivity index (χ3n) is 4.85. The van der Waals surface area contributed by atoms with E-state index in [1.165, 1.54) is 32.1 Å². The number of nitrogens with one attached hydrogen (secondary N) is 2. The molecule has 0 bridgehead atoms. The van der Waals surface area contributed by atoms with E-state index in [1.54, 1.807) is 0 Å². The summed E-state index contributed by atoms with van der Waals surface area (Å²) in [7, 11) is 0. The fourth-order valence-corrected chi connectivity index (χ4v) is 3.52. The van der Waals surface area contributed by atoms with Gasteiger partial charge in [-0.1, -0.05) is 19.3 Å². The minimum Gasteiger partial charge on any atom is -0.396 e. The van der Waals surface area contributed by atoms with Gasteiger partial charge in [-0.3, -0.25) is 0 Å². The molecule has 21 heavy (non-hydrogen) atoms. The summed E-state index contributed by atoms with van der Waals surface area (Å²) in [6, 6.07) is -0.0312. The molecule has 2 rings (SSSR count). The van der Waals surface area contributed by atoms with E-state index in [4.69, 9.17) is 0 Å². The monoisotopic (exact) mass is 297 g/mol. The Labute approximate surface area is 128 Å². The zero-order valence-corrected chi connectivity index (χ0v) is 13.1. The molecule has 1 heterocycles. The molecule has 2 amide bonds. The number of carbonyl (C=O) groups is 1. The largest absolute Gasteiger partial charge is 0.396 e. The highest BCUT2D eigenvalue weighted by Gasteiger charge is 2.19. The van der Waals surface area contributed by atoms with Crippen LogP contribution in [0.25, 0.3) is 0 Å². The number of urea groups is 1. The lowest BCUT2D eigenvalue weighted by molar-refractivity contribution is 0.121. The molecule has 0 aromatic heterocycles. The number of likely N-dealkylation sites (tertiary alicyclic amines) is 1. The molecule has 122 valence electrons. The van der Waals surface area contributed by atoms with E-state index in [0.29, 0.717) is 18.4 Å². The van der Waals surface area contributed by atoms with Crippen LogP contribution in [0, 0.1) is 11.8 Å². The van der Waals surface area contributed by atoms with Crippen molar-refractivity contribution in [3.05, 3.63) is 0 Å². The van der Waals surface area contributed by atoms with Crippen molar-refractivity contribution in [3.8, 4) is 0 Å². The van der Waals surface area contributed by atoms with Crippen molar-refractivity contribution in [2.45, 2.75) is 44.9 Å². The Bertz CT molecular complexity index is 306. The average Bonchev–Trinajstić information content (AvgIpc) is 2.54. The van der Waals surface area contributed by atoms with E-state index in [0.717, 1.165) is 39.0 Å². The van der Waals surface area contributed by atoms with Crippen LogP contribution in [0.2, 0.25) is 0 Å². The van der Waals surface area contributed by atoms with E-state index < -0.39 is 0 Å². The van der Waals surface area contributed by atoms with Crippen LogP contribution in [0.3, 0.4) is 0 Å². The first-order valence-electron chi connectivity index (χ1n) is 8.63. The molecule has 0 aromatic rings. The SMILES string of the molecule is O=C(NCCN1CCC[C@H](CO)C1)NCC1CCCCC1. The van der Waals surface area contributed by atoms with Crippen LogP contribution in [0.4, 0.5) is 4.79 Å². The molecule has 5 heteroatoms. The number of hydrogen-bond donors (Lipinski definition) is 3. The Morgan fingerprint density at radius 3 is 2.57 bits per heavy atom. The van der Waals surface area contributed by atoms with Gasteiger partial charge < -0.3 is 20.6 Å². The molecule has 1 atom stereocenters. The van der Waals surface area contributed by atoms with Gasteiger partial charge in [0.25, 0.3) is 0 Å². The third-order valence-corrected chi connectivity index (χ3v) is 4.85. The van der Waals surface area contributed by atoms with Gasteiger partial charge >= 0.3 is 6.03 Å². The van der Waals surface area contributed by atoms with Gasteiger partial charge in [0.15, 0.2) is 0 Å². The Morgan fingerprint density at radius 1 is 1.05 bits per heavy atom. The van der Waals surface area contributed by atoms with E-state index >= 15 is 0 Å². The van der Waals surface area contributed by atoms with Gasteiger partial charge in [-0.15, -0.1) is 0 Å². The van der Waals surface area contributed by atoms with Crippen molar-refractivity contribution >= 4 is 6.03 Å². The quantitative estimate of drug-likeness (QED) is 0.697. The third kappa shape index (κ3) is 6.22. The van der Waals surface area contributed by atoms with Gasteiger partial charge in [0, 0.05) is 32.8 Å². The van der Waals surface area contributed by atoms with Crippen LogP contribution < -0.4 is 10.6 Å². The highest BCUT2D eigenvalue weighted by molar-refractivity contribution is 5.73. The number of nitrogens with zero attached hydrogens (tertiary/aromatic N) is 1. The smallest absolute Gasteiger partial charge is 0.314 e. The summed E-state index contributed by atoms with van der Waals surface area (Å²) in [5, 5.41) is 15.2. The van der Waals surface area contributed by atoms with Crippen molar-refractivity contribution in [1.82, 2.24) is 15.5 Å². The fourth-order valence-electron chi connectivity index (χ4n) is 3.52. The molecule has 1 saturated carbocycles. The molecule has 1 aliphatic heterocycles. The molecule has 0 radical (unpaired) electrons. The molecular weight excluding hydrogens is 266 g/mol. The molecule has 1 aliphatic carbocycles. The van der Waals surface area contributed by atoms with Crippen LogP contribution in [0.5, 0.6) is 0 Å². The minimum absolute atomic E-state index is 0.0312. The number of hydrogen-bond acceptors (Lipinski definition) is 3. The van der Waals surface area contributed by atoms with Gasteiger partial charge in [0.2, 0.25) is 0 Å². The van der Waals surface area contributed by atoms with Crippen molar-refractivity contribution < 1.29 is 9.90 Å². The zero-order valence-electron chi connectivity index (χ0n) is 13.1. The van der Waals surface area contributed by atoms with Crippen LogP contribution >= 0.6 is 0 Å². The number of aliphatic hydroxyl groups is 1. The molecule has 2 aliphatic rings. The average molecular weight is 297 g/mol. The van der Waals surface area contributed by atoms with Crippen molar-refractivity contribution in [2.24, 2.45) is 11.8 Å². The van der Waals surface area contributed by atoms with E-state index in [-0.39, 0.29) is 12.6 Å². The Morgan fingerprint density at radius 2 is 1.81 bits per heavy atom. The maximum absolute atomic E-state index is 11.8. The maximum Gasteiger partial charge on any atom is 0.314 e.